The quantitative estimate of drug-likeness (QED) is 0.730. The van der Waals surface area contributed by atoms with E-state index < -0.39 is 11.5 Å². The molecule has 1 atom stereocenters. The second-order valence-corrected chi connectivity index (χ2v) is 3.23. The van der Waals surface area contributed by atoms with Crippen molar-refractivity contribution in [2.75, 3.05) is 13.2 Å². The summed E-state index contributed by atoms with van der Waals surface area (Å²) in [5.41, 5.74) is -0.872. The van der Waals surface area contributed by atoms with E-state index in [0.717, 1.165) is 0 Å². The van der Waals surface area contributed by atoms with Gasteiger partial charge < -0.3 is 14.4 Å². The van der Waals surface area contributed by atoms with Crippen molar-refractivity contribution in [3.63, 3.8) is 0 Å². The minimum Gasteiger partial charge on any atom is -0.479 e. The number of nitrogens with zero attached hydrogens (tertiary/aromatic N) is 1. The molecule has 4 nitrogen and oxygen atoms in total. The third kappa shape index (κ3) is 1.14. The van der Waals surface area contributed by atoms with E-state index in [1.807, 2.05) is 12.1 Å². The standard InChI is InChI=1S/C9H11NO3/c11-8(12)9(3-6-13-7-9)10-4-1-2-5-10/h1-2,4-5H,3,6-7H2,(H,11,12). The Kier molecular flexibility index (Phi) is 1.84. The van der Waals surface area contributed by atoms with Gasteiger partial charge in [0.15, 0.2) is 5.54 Å². The van der Waals surface area contributed by atoms with Crippen molar-refractivity contribution < 1.29 is 14.6 Å². The number of aliphatic carboxylic acids is 1. The van der Waals surface area contributed by atoms with Crippen molar-refractivity contribution in [1.29, 1.82) is 0 Å². The first-order valence-corrected chi connectivity index (χ1v) is 4.20. The molecule has 0 aliphatic carbocycles. The van der Waals surface area contributed by atoms with Crippen LogP contribution >= 0.6 is 0 Å². The molecule has 0 saturated carbocycles. The molecule has 2 heterocycles. The van der Waals surface area contributed by atoms with Crippen LogP contribution in [0.15, 0.2) is 24.5 Å². The molecule has 0 spiro atoms. The molecule has 1 unspecified atom stereocenters. The molecule has 1 aliphatic rings. The molecule has 1 aromatic heterocycles. The molecule has 4 heteroatoms. The van der Waals surface area contributed by atoms with Gasteiger partial charge in [-0.25, -0.2) is 4.79 Å². The maximum atomic E-state index is 11.1. The molecular formula is C9H11NO3. The molecule has 70 valence electrons. The molecule has 2 rings (SSSR count). The van der Waals surface area contributed by atoms with Crippen LogP contribution in [0.2, 0.25) is 0 Å². The molecule has 0 bridgehead atoms. The van der Waals surface area contributed by atoms with Crippen molar-refractivity contribution in [1.82, 2.24) is 4.57 Å². The largest absolute Gasteiger partial charge is 0.479 e. The van der Waals surface area contributed by atoms with E-state index in [9.17, 15) is 4.79 Å². The highest BCUT2D eigenvalue weighted by Crippen LogP contribution is 2.27. The van der Waals surface area contributed by atoms with Crippen LogP contribution in [-0.4, -0.2) is 28.9 Å². The summed E-state index contributed by atoms with van der Waals surface area (Å²) >= 11 is 0. The van der Waals surface area contributed by atoms with Gasteiger partial charge in [0.1, 0.15) is 0 Å². The zero-order valence-corrected chi connectivity index (χ0v) is 7.14. The van der Waals surface area contributed by atoms with Crippen LogP contribution in [0.1, 0.15) is 6.42 Å². The van der Waals surface area contributed by atoms with Gasteiger partial charge in [0.2, 0.25) is 0 Å². The zero-order valence-electron chi connectivity index (χ0n) is 7.14. The molecule has 0 aromatic carbocycles. The molecule has 1 N–H and O–H groups in total. The van der Waals surface area contributed by atoms with E-state index in [4.69, 9.17) is 9.84 Å². The average Bonchev–Trinajstić information content (AvgIpc) is 2.75. The monoisotopic (exact) mass is 181 g/mol. The van der Waals surface area contributed by atoms with E-state index in [2.05, 4.69) is 0 Å². The Balaban J connectivity index is 2.39. The van der Waals surface area contributed by atoms with Crippen molar-refractivity contribution in [3.05, 3.63) is 24.5 Å². The molecule has 1 saturated heterocycles. The Morgan fingerprint density at radius 1 is 1.46 bits per heavy atom. The number of hydrogen-bond acceptors (Lipinski definition) is 2. The minimum absolute atomic E-state index is 0.261. The molecule has 1 aromatic rings. The average molecular weight is 181 g/mol. The van der Waals surface area contributed by atoms with E-state index in [-0.39, 0.29) is 6.61 Å². The smallest absolute Gasteiger partial charge is 0.332 e. The lowest BCUT2D eigenvalue weighted by molar-refractivity contribution is -0.147. The van der Waals surface area contributed by atoms with Crippen LogP contribution in [0, 0.1) is 0 Å². The topological polar surface area (TPSA) is 51.5 Å². The maximum absolute atomic E-state index is 11.1. The third-order valence-electron chi connectivity index (χ3n) is 2.50. The van der Waals surface area contributed by atoms with Gasteiger partial charge in [0, 0.05) is 25.4 Å². The van der Waals surface area contributed by atoms with E-state index in [1.54, 1.807) is 17.0 Å². The lowest BCUT2D eigenvalue weighted by Gasteiger charge is -2.24. The van der Waals surface area contributed by atoms with Crippen LogP contribution < -0.4 is 0 Å². The third-order valence-corrected chi connectivity index (χ3v) is 2.50. The van der Waals surface area contributed by atoms with Gasteiger partial charge >= 0.3 is 5.97 Å². The SMILES string of the molecule is O=C(O)C1(n2cccc2)CCOC1. The Morgan fingerprint density at radius 3 is 2.62 bits per heavy atom. The zero-order chi connectivity index (χ0) is 9.31. The summed E-state index contributed by atoms with van der Waals surface area (Å²) in [6, 6.07) is 3.64. The first-order chi connectivity index (χ1) is 6.26. The number of carboxylic acid groups (broad SMARTS) is 1. The molecular weight excluding hydrogens is 170 g/mol. The van der Waals surface area contributed by atoms with Crippen molar-refractivity contribution >= 4 is 5.97 Å². The fourth-order valence-electron chi connectivity index (χ4n) is 1.66. The lowest BCUT2D eigenvalue weighted by Crippen LogP contribution is -2.41. The van der Waals surface area contributed by atoms with Crippen molar-refractivity contribution in [2.24, 2.45) is 0 Å². The Hall–Kier alpha value is -1.29. The predicted molar refractivity (Wildman–Crippen MR) is 45.5 cm³/mol. The summed E-state index contributed by atoms with van der Waals surface area (Å²) in [6.45, 7) is 0.779. The highest BCUT2D eigenvalue weighted by atomic mass is 16.5. The van der Waals surface area contributed by atoms with Crippen molar-refractivity contribution in [2.45, 2.75) is 12.0 Å². The summed E-state index contributed by atoms with van der Waals surface area (Å²) in [6.07, 6.45) is 4.07. The van der Waals surface area contributed by atoms with Crippen LogP contribution in [0.3, 0.4) is 0 Å². The van der Waals surface area contributed by atoms with Gasteiger partial charge in [-0.3, -0.25) is 0 Å². The van der Waals surface area contributed by atoms with Crippen LogP contribution in [-0.2, 0) is 15.1 Å². The number of ether oxygens (including phenoxy) is 1. The second-order valence-electron chi connectivity index (χ2n) is 3.23. The van der Waals surface area contributed by atoms with Gasteiger partial charge in [-0.15, -0.1) is 0 Å². The lowest BCUT2D eigenvalue weighted by atomic mass is 9.99. The first kappa shape index (κ1) is 8.31. The minimum atomic E-state index is -0.872. The number of carbonyl (C=O) groups is 1. The van der Waals surface area contributed by atoms with E-state index in [0.29, 0.717) is 13.0 Å². The van der Waals surface area contributed by atoms with Crippen LogP contribution in [0.5, 0.6) is 0 Å². The molecule has 1 fully saturated rings. The number of rotatable bonds is 2. The maximum Gasteiger partial charge on any atom is 0.332 e. The van der Waals surface area contributed by atoms with Gasteiger partial charge in [-0.2, -0.15) is 0 Å². The van der Waals surface area contributed by atoms with Gasteiger partial charge in [0.05, 0.1) is 6.61 Å². The normalized spacial score (nSPS) is 27.7. The summed E-state index contributed by atoms with van der Waals surface area (Å²) in [5.74, 6) is -0.818. The number of carboxylic acids is 1. The molecule has 0 amide bonds. The Labute approximate surface area is 75.7 Å². The van der Waals surface area contributed by atoms with E-state index >= 15 is 0 Å². The summed E-state index contributed by atoms with van der Waals surface area (Å²) in [5, 5.41) is 9.13. The van der Waals surface area contributed by atoms with E-state index in [1.165, 1.54) is 0 Å². The summed E-state index contributed by atoms with van der Waals surface area (Å²) in [7, 11) is 0. The van der Waals surface area contributed by atoms with Gasteiger partial charge in [-0.05, 0) is 12.1 Å². The van der Waals surface area contributed by atoms with Crippen LogP contribution in [0.25, 0.3) is 0 Å². The summed E-state index contributed by atoms with van der Waals surface area (Å²) < 4.78 is 6.85. The highest BCUT2D eigenvalue weighted by Gasteiger charge is 2.43. The first-order valence-electron chi connectivity index (χ1n) is 4.20. The second kappa shape index (κ2) is 2.88. The Bertz CT molecular complexity index is 299. The van der Waals surface area contributed by atoms with Gasteiger partial charge in [0.25, 0.3) is 0 Å². The number of hydrogen-bond donors (Lipinski definition) is 1. The van der Waals surface area contributed by atoms with Gasteiger partial charge in [-0.1, -0.05) is 0 Å². The van der Waals surface area contributed by atoms with Crippen LogP contribution in [0.4, 0.5) is 0 Å². The predicted octanol–water partition coefficient (Wildman–Crippen LogP) is 0.688. The fraction of sp³-hybridized carbons (Fsp3) is 0.444. The highest BCUT2D eigenvalue weighted by molar-refractivity contribution is 5.77. The fourth-order valence-corrected chi connectivity index (χ4v) is 1.66. The molecule has 1 aliphatic heterocycles. The summed E-state index contributed by atoms with van der Waals surface area (Å²) in [4.78, 5) is 11.1. The number of aromatic nitrogens is 1. The molecule has 0 radical (unpaired) electrons. The Morgan fingerprint density at radius 2 is 2.15 bits per heavy atom. The van der Waals surface area contributed by atoms with Crippen molar-refractivity contribution in [3.8, 4) is 0 Å². The molecule has 13 heavy (non-hydrogen) atoms.